The molecule has 130 valence electrons. The number of carbonyl (C=O) groups is 1. The van der Waals surface area contributed by atoms with E-state index in [0.29, 0.717) is 11.3 Å². The largest absolute Gasteiger partial charge is 0.384 e. The maximum absolute atomic E-state index is 12.1. The predicted octanol–water partition coefficient (Wildman–Crippen LogP) is 3.39. The molecular weight excluding hydrogens is 318 g/mol. The van der Waals surface area contributed by atoms with Crippen molar-refractivity contribution in [2.75, 3.05) is 18.9 Å². The van der Waals surface area contributed by atoms with Crippen LogP contribution < -0.4 is 10.6 Å². The fourth-order valence-corrected chi connectivity index (χ4v) is 3.03. The van der Waals surface area contributed by atoms with Crippen molar-refractivity contribution >= 4 is 17.3 Å². The summed E-state index contributed by atoms with van der Waals surface area (Å²) >= 11 is 0. The fourth-order valence-electron chi connectivity index (χ4n) is 3.03. The first kappa shape index (κ1) is 17.0. The number of hydrogen-bond donors (Lipinski definition) is 2. The van der Waals surface area contributed by atoms with Crippen LogP contribution in [0.25, 0.3) is 0 Å². The zero-order valence-electron chi connectivity index (χ0n) is 14.1. The summed E-state index contributed by atoms with van der Waals surface area (Å²) in [6.45, 7) is 0.740. The summed E-state index contributed by atoms with van der Waals surface area (Å²) in [6.07, 6.45) is 3.26. The number of rotatable bonds is 7. The van der Waals surface area contributed by atoms with E-state index in [-0.39, 0.29) is 17.0 Å². The minimum atomic E-state index is -0.492. The molecule has 1 aliphatic carbocycles. The number of hydrogen-bond acceptors (Lipinski definition) is 4. The Morgan fingerprint density at radius 2 is 1.92 bits per heavy atom. The third-order valence-corrected chi connectivity index (χ3v) is 4.72. The Morgan fingerprint density at radius 3 is 2.52 bits per heavy atom. The van der Waals surface area contributed by atoms with Gasteiger partial charge in [-0.1, -0.05) is 30.3 Å². The number of non-ortho nitro benzene ring substituents is 1. The zero-order chi connectivity index (χ0) is 17.9. The highest BCUT2D eigenvalue weighted by Gasteiger charge is 2.42. The Balaban J connectivity index is 1.74. The molecule has 2 N–H and O–H groups in total. The smallest absolute Gasteiger partial charge is 0.270 e. The van der Waals surface area contributed by atoms with Gasteiger partial charge in [-0.2, -0.15) is 0 Å². The molecule has 0 saturated heterocycles. The summed E-state index contributed by atoms with van der Waals surface area (Å²) in [5, 5.41) is 16.8. The number of nitrogens with zero attached hydrogens (tertiary/aromatic N) is 1. The lowest BCUT2D eigenvalue weighted by Gasteiger charge is -2.18. The van der Waals surface area contributed by atoms with Gasteiger partial charge in [-0.15, -0.1) is 0 Å². The van der Waals surface area contributed by atoms with Crippen LogP contribution in [0, 0.1) is 15.5 Å². The van der Waals surface area contributed by atoms with Gasteiger partial charge in [0, 0.05) is 31.4 Å². The number of amides is 1. The van der Waals surface area contributed by atoms with Crippen LogP contribution >= 0.6 is 0 Å². The van der Waals surface area contributed by atoms with Crippen molar-refractivity contribution in [3.8, 4) is 0 Å². The molecule has 0 atom stereocenters. The van der Waals surface area contributed by atoms with Gasteiger partial charge in [-0.25, -0.2) is 0 Å². The molecule has 0 radical (unpaired) electrons. The lowest BCUT2D eigenvalue weighted by atomic mass is 9.96. The monoisotopic (exact) mass is 339 g/mol. The molecule has 1 amide bonds. The molecule has 0 aliphatic heterocycles. The molecule has 1 fully saturated rings. The quantitative estimate of drug-likeness (QED) is 0.598. The van der Waals surface area contributed by atoms with Crippen LogP contribution in [-0.2, 0) is 6.42 Å². The molecule has 0 heterocycles. The SMILES string of the molecule is CNC(=O)c1cc([N+](=O)[O-])ccc1NCC1(Cc2ccccc2)CC1. The van der Waals surface area contributed by atoms with Gasteiger partial charge in [0.15, 0.2) is 0 Å². The predicted molar refractivity (Wildman–Crippen MR) is 96.8 cm³/mol. The van der Waals surface area contributed by atoms with E-state index in [0.717, 1.165) is 25.8 Å². The molecule has 0 aromatic heterocycles. The molecule has 2 aromatic carbocycles. The van der Waals surface area contributed by atoms with Crippen LogP contribution in [0.5, 0.6) is 0 Å². The first-order chi connectivity index (χ1) is 12.0. The van der Waals surface area contributed by atoms with Gasteiger partial charge < -0.3 is 10.6 Å². The van der Waals surface area contributed by atoms with E-state index in [1.54, 1.807) is 6.07 Å². The number of carbonyl (C=O) groups excluding carboxylic acids is 1. The van der Waals surface area contributed by atoms with Crippen molar-refractivity contribution in [1.82, 2.24) is 5.32 Å². The van der Waals surface area contributed by atoms with Crippen molar-refractivity contribution in [2.24, 2.45) is 5.41 Å². The van der Waals surface area contributed by atoms with E-state index < -0.39 is 4.92 Å². The van der Waals surface area contributed by atoms with Crippen molar-refractivity contribution < 1.29 is 9.72 Å². The minimum absolute atomic E-state index is 0.0884. The lowest BCUT2D eigenvalue weighted by Crippen LogP contribution is -2.23. The fraction of sp³-hybridized carbons (Fsp3) is 0.316. The van der Waals surface area contributed by atoms with Gasteiger partial charge in [0.2, 0.25) is 0 Å². The van der Waals surface area contributed by atoms with Gasteiger partial charge >= 0.3 is 0 Å². The highest BCUT2D eigenvalue weighted by molar-refractivity contribution is 6.00. The second kappa shape index (κ2) is 6.93. The molecule has 1 saturated carbocycles. The second-order valence-electron chi connectivity index (χ2n) is 6.58. The molecule has 25 heavy (non-hydrogen) atoms. The Hall–Kier alpha value is -2.89. The van der Waals surface area contributed by atoms with Gasteiger partial charge in [0.25, 0.3) is 11.6 Å². The molecule has 6 heteroatoms. The van der Waals surface area contributed by atoms with Crippen LogP contribution in [-0.4, -0.2) is 24.4 Å². The third-order valence-electron chi connectivity index (χ3n) is 4.72. The third kappa shape index (κ3) is 3.96. The lowest BCUT2D eigenvalue weighted by molar-refractivity contribution is -0.384. The van der Waals surface area contributed by atoms with Crippen LogP contribution in [0.1, 0.15) is 28.8 Å². The van der Waals surface area contributed by atoms with E-state index in [1.807, 2.05) is 18.2 Å². The van der Waals surface area contributed by atoms with Crippen LogP contribution in [0.4, 0.5) is 11.4 Å². The van der Waals surface area contributed by atoms with E-state index in [1.165, 1.54) is 24.7 Å². The summed E-state index contributed by atoms with van der Waals surface area (Å²) in [5.41, 5.74) is 2.34. The van der Waals surface area contributed by atoms with Crippen LogP contribution in [0.2, 0.25) is 0 Å². The Labute approximate surface area is 146 Å². The first-order valence-corrected chi connectivity index (χ1v) is 8.31. The minimum Gasteiger partial charge on any atom is -0.384 e. The van der Waals surface area contributed by atoms with Crippen molar-refractivity contribution in [3.05, 3.63) is 69.8 Å². The summed E-state index contributed by atoms with van der Waals surface area (Å²) in [5.74, 6) is -0.334. The normalized spacial score (nSPS) is 14.6. The standard InChI is InChI=1S/C19H21N3O3/c1-20-18(23)16-11-15(22(24)25)7-8-17(16)21-13-19(9-10-19)12-14-5-3-2-4-6-14/h2-8,11,21H,9-10,12-13H2,1H3,(H,20,23). The van der Waals surface area contributed by atoms with Gasteiger partial charge in [-0.05, 0) is 36.3 Å². The molecule has 0 unspecified atom stereocenters. The Bertz CT molecular complexity index is 786. The maximum Gasteiger partial charge on any atom is 0.270 e. The van der Waals surface area contributed by atoms with E-state index >= 15 is 0 Å². The molecule has 1 aliphatic rings. The average molecular weight is 339 g/mol. The number of nitro benzene ring substituents is 1. The Kier molecular flexibility index (Phi) is 4.70. The molecule has 2 aromatic rings. The maximum atomic E-state index is 12.1. The summed E-state index contributed by atoms with van der Waals surface area (Å²) in [7, 11) is 1.52. The van der Waals surface area contributed by atoms with E-state index in [4.69, 9.17) is 0 Å². The van der Waals surface area contributed by atoms with Crippen LogP contribution in [0.3, 0.4) is 0 Å². The van der Waals surface area contributed by atoms with E-state index in [2.05, 4.69) is 22.8 Å². The number of anilines is 1. The summed E-state index contributed by atoms with van der Waals surface area (Å²) < 4.78 is 0. The highest BCUT2D eigenvalue weighted by Crippen LogP contribution is 2.48. The number of benzene rings is 2. The van der Waals surface area contributed by atoms with E-state index in [9.17, 15) is 14.9 Å². The average Bonchev–Trinajstić information content (AvgIpc) is 3.39. The van der Waals surface area contributed by atoms with Crippen molar-refractivity contribution in [1.29, 1.82) is 0 Å². The summed E-state index contributed by atoms with van der Waals surface area (Å²) in [6, 6.07) is 14.7. The van der Waals surface area contributed by atoms with Gasteiger partial charge in [-0.3, -0.25) is 14.9 Å². The molecule has 6 nitrogen and oxygen atoms in total. The number of nitro groups is 1. The topological polar surface area (TPSA) is 84.3 Å². The summed E-state index contributed by atoms with van der Waals surface area (Å²) in [4.78, 5) is 22.5. The van der Waals surface area contributed by atoms with Gasteiger partial charge in [0.1, 0.15) is 0 Å². The zero-order valence-corrected chi connectivity index (χ0v) is 14.1. The number of nitrogens with one attached hydrogen (secondary N) is 2. The molecular formula is C19H21N3O3. The first-order valence-electron chi connectivity index (χ1n) is 8.31. The van der Waals surface area contributed by atoms with Crippen molar-refractivity contribution in [2.45, 2.75) is 19.3 Å². The van der Waals surface area contributed by atoms with Crippen molar-refractivity contribution in [3.63, 3.8) is 0 Å². The molecule has 0 bridgehead atoms. The second-order valence-corrected chi connectivity index (χ2v) is 6.58. The molecule has 0 spiro atoms. The molecule has 3 rings (SSSR count). The van der Waals surface area contributed by atoms with Crippen LogP contribution in [0.15, 0.2) is 48.5 Å². The highest BCUT2D eigenvalue weighted by atomic mass is 16.6. The Morgan fingerprint density at radius 1 is 1.20 bits per heavy atom. The van der Waals surface area contributed by atoms with Gasteiger partial charge in [0.05, 0.1) is 10.5 Å².